The van der Waals surface area contributed by atoms with E-state index >= 15 is 0 Å². The Morgan fingerprint density at radius 3 is 2.05 bits per heavy atom. The fourth-order valence-corrected chi connectivity index (χ4v) is 5.12. The van der Waals surface area contributed by atoms with E-state index in [1.165, 1.54) is 31.6 Å². The summed E-state index contributed by atoms with van der Waals surface area (Å²) in [5.74, 6) is -2.39. The zero-order chi connectivity index (χ0) is 31.4. The molecule has 1 aromatic heterocycles. The summed E-state index contributed by atoms with van der Waals surface area (Å²) < 4.78 is 38.9. The van der Waals surface area contributed by atoms with E-state index in [4.69, 9.17) is 9.15 Å². The number of Topliss-reactive ketones (excluding diaryl/α,β-unsaturated/α-hetero) is 1. The van der Waals surface area contributed by atoms with Crippen molar-refractivity contribution in [2.75, 3.05) is 20.3 Å². The Morgan fingerprint density at radius 1 is 0.881 bits per heavy atom. The fraction of sp³-hybridized carbons (Fsp3) is 0.517. The van der Waals surface area contributed by atoms with Gasteiger partial charge < -0.3 is 25.1 Å². The number of hydrogen-bond acceptors (Lipinski definition) is 8. The Balaban J connectivity index is 2.27. The van der Waals surface area contributed by atoms with Gasteiger partial charge in [0, 0.05) is 13.7 Å². The summed E-state index contributed by atoms with van der Waals surface area (Å²) in [6.07, 6.45) is 1.14. The SMILES string of the molecule is COCC(NC(=O)C(CC(=O)NCC(C)C)NS(=O)(=O)c1ccc(C)cc1)C(=O)NC(CC(C)C)C(=O)c1ccco1. The first-order chi connectivity index (χ1) is 19.7. The van der Waals surface area contributed by atoms with Gasteiger partial charge in [0.05, 0.1) is 30.2 Å². The standard InChI is InChI=1S/C29H42N4O8S/c1-18(2)14-22(27(35)25-8-7-13-41-25)31-29(37)24(17-40-6)32-28(36)23(15-26(34)30-16-19(3)4)33-42(38,39)21-11-9-20(5)10-12-21/h7-13,18-19,22-24,33H,14-17H2,1-6H3,(H,30,34)(H,31,37)(H,32,36). The highest BCUT2D eigenvalue weighted by Crippen LogP contribution is 2.14. The Bertz CT molecular complexity index is 1290. The molecule has 3 atom stereocenters. The predicted octanol–water partition coefficient (Wildman–Crippen LogP) is 1.94. The minimum absolute atomic E-state index is 0.0367. The van der Waals surface area contributed by atoms with Crippen LogP contribution in [0.1, 0.15) is 56.7 Å². The molecule has 0 radical (unpaired) electrons. The maximum Gasteiger partial charge on any atom is 0.245 e. The smallest absolute Gasteiger partial charge is 0.245 e. The van der Waals surface area contributed by atoms with Crippen molar-refractivity contribution in [3.63, 3.8) is 0 Å². The molecule has 2 rings (SSSR count). The molecule has 0 fully saturated rings. The van der Waals surface area contributed by atoms with Gasteiger partial charge in [0.15, 0.2) is 5.76 Å². The van der Waals surface area contributed by atoms with Crippen LogP contribution in [-0.4, -0.2) is 70.3 Å². The van der Waals surface area contributed by atoms with Crippen LogP contribution in [0.15, 0.2) is 52.0 Å². The van der Waals surface area contributed by atoms with Crippen LogP contribution in [0.3, 0.4) is 0 Å². The van der Waals surface area contributed by atoms with E-state index in [0.29, 0.717) is 13.0 Å². The Hall–Kier alpha value is -3.55. The number of carbonyl (C=O) groups excluding carboxylic acids is 4. The highest BCUT2D eigenvalue weighted by Gasteiger charge is 2.33. The number of sulfonamides is 1. The monoisotopic (exact) mass is 606 g/mol. The molecular formula is C29H42N4O8S. The Kier molecular flexibility index (Phi) is 13.4. The zero-order valence-corrected chi connectivity index (χ0v) is 25.7. The van der Waals surface area contributed by atoms with Gasteiger partial charge in [0.2, 0.25) is 33.5 Å². The maximum absolute atomic E-state index is 13.4. The molecule has 13 heteroatoms. The van der Waals surface area contributed by atoms with Gasteiger partial charge in [-0.1, -0.05) is 45.4 Å². The number of ketones is 1. The van der Waals surface area contributed by atoms with Crippen molar-refractivity contribution in [3.8, 4) is 0 Å². The van der Waals surface area contributed by atoms with E-state index in [-0.39, 0.29) is 29.1 Å². The van der Waals surface area contributed by atoms with Gasteiger partial charge in [-0.2, -0.15) is 4.72 Å². The normalized spacial score (nSPS) is 13.8. The topological polar surface area (TPSA) is 173 Å². The van der Waals surface area contributed by atoms with Crippen molar-refractivity contribution in [3.05, 3.63) is 54.0 Å². The average Bonchev–Trinajstić information content (AvgIpc) is 3.45. The number of ether oxygens (including phenoxy) is 1. The molecule has 3 amide bonds. The molecule has 0 saturated carbocycles. The third-order valence-electron chi connectivity index (χ3n) is 6.11. The van der Waals surface area contributed by atoms with Crippen LogP contribution in [0.4, 0.5) is 0 Å². The lowest BCUT2D eigenvalue weighted by atomic mass is 9.98. The molecule has 0 spiro atoms. The van der Waals surface area contributed by atoms with Gasteiger partial charge in [0.1, 0.15) is 12.1 Å². The number of furan rings is 1. The lowest BCUT2D eigenvalue weighted by Gasteiger charge is -2.25. The summed E-state index contributed by atoms with van der Waals surface area (Å²) in [6.45, 7) is 9.40. The largest absolute Gasteiger partial charge is 0.461 e. The van der Waals surface area contributed by atoms with Gasteiger partial charge >= 0.3 is 0 Å². The number of hydrogen-bond donors (Lipinski definition) is 4. The molecule has 1 heterocycles. The first kappa shape index (κ1) is 34.7. The third kappa shape index (κ3) is 11.0. The molecule has 1 aromatic carbocycles. The molecule has 4 N–H and O–H groups in total. The quantitative estimate of drug-likeness (QED) is 0.198. The lowest BCUT2D eigenvalue weighted by Crippen LogP contribution is -2.57. The molecule has 42 heavy (non-hydrogen) atoms. The van der Waals surface area contributed by atoms with E-state index in [2.05, 4.69) is 20.7 Å². The molecule has 0 aliphatic rings. The fourth-order valence-electron chi connectivity index (χ4n) is 3.92. The van der Waals surface area contributed by atoms with E-state index in [1.807, 2.05) is 27.7 Å². The third-order valence-corrected chi connectivity index (χ3v) is 7.60. The first-order valence-corrected chi connectivity index (χ1v) is 15.2. The van der Waals surface area contributed by atoms with Gasteiger partial charge in [-0.25, -0.2) is 8.42 Å². The van der Waals surface area contributed by atoms with Crippen molar-refractivity contribution < 1.29 is 36.7 Å². The van der Waals surface area contributed by atoms with Crippen LogP contribution in [-0.2, 0) is 29.1 Å². The second-order valence-corrected chi connectivity index (χ2v) is 12.7. The number of benzene rings is 1. The maximum atomic E-state index is 13.4. The number of nitrogens with one attached hydrogen (secondary N) is 4. The van der Waals surface area contributed by atoms with Crippen LogP contribution >= 0.6 is 0 Å². The van der Waals surface area contributed by atoms with Crippen LogP contribution in [0.2, 0.25) is 0 Å². The highest BCUT2D eigenvalue weighted by atomic mass is 32.2. The first-order valence-electron chi connectivity index (χ1n) is 13.8. The predicted molar refractivity (Wildman–Crippen MR) is 156 cm³/mol. The number of amides is 3. The summed E-state index contributed by atoms with van der Waals surface area (Å²) in [7, 11) is -2.89. The summed E-state index contributed by atoms with van der Waals surface area (Å²) in [6, 6.07) is 5.24. The molecule has 0 saturated heterocycles. The van der Waals surface area contributed by atoms with E-state index in [9.17, 15) is 27.6 Å². The van der Waals surface area contributed by atoms with Crippen molar-refractivity contribution in [2.45, 2.75) is 70.5 Å². The molecule has 0 bridgehead atoms. The molecule has 12 nitrogen and oxygen atoms in total. The van der Waals surface area contributed by atoms with Gasteiger partial charge in [-0.05, 0) is 49.4 Å². The van der Waals surface area contributed by atoms with Gasteiger partial charge in [-0.3, -0.25) is 19.2 Å². The second kappa shape index (κ2) is 16.2. The summed E-state index contributed by atoms with van der Waals surface area (Å²) in [5.41, 5.74) is 0.839. The van der Waals surface area contributed by atoms with Crippen LogP contribution in [0.5, 0.6) is 0 Å². The lowest BCUT2D eigenvalue weighted by molar-refractivity contribution is -0.132. The van der Waals surface area contributed by atoms with Gasteiger partial charge in [0.25, 0.3) is 0 Å². The average molecular weight is 607 g/mol. The number of aryl methyl sites for hydroxylation is 1. The van der Waals surface area contributed by atoms with Crippen LogP contribution in [0, 0.1) is 18.8 Å². The van der Waals surface area contributed by atoms with Crippen LogP contribution in [0.25, 0.3) is 0 Å². The number of rotatable bonds is 17. The molecule has 232 valence electrons. The number of carbonyl (C=O) groups is 4. The minimum Gasteiger partial charge on any atom is -0.461 e. The van der Waals surface area contributed by atoms with Gasteiger partial charge in [-0.15, -0.1) is 0 Å². The Labute approximate surface area is 247 Å². The van der Waals surface area contributed by atoms with Crippen molar-refractivity contribution in [2.24, 2.45) is 11.8 Å². The molecule has 0 aliphatic carbocycles. The second-order valence-electron chi connectivity index (χ2n) is 10.9. The van der Waals surface area contributed by atoms with Crippen molar-refractivity contribution in [1.29, 1.82) is 0 Å². The van der Waals surface area contributed by atoms with E-state index in [0.717, 1.165) is 5.56 Å². The zero-order valence-electron chi connectivity index (χ0n) is 24.9. The molecule has 3 unspecified atom stereocenters. The van der Waals surface area contributed by atoms with Crippen molar-refractivity contribution in [1.82, 2.24) is 20.7 Å². The molecule has 2 aromatic rings. The summed E-state index contributed by atoms with van der Waals surface area (Å²) in [4.78, 5) is 52.2. The molecular weight excluding hydrogens is 564 g/mol. The summed E-state index contributed by atoms with van der Waals surface area (Å²) in [5, 5.41) is 7.81. The van der Waals surface area contributed by atoms with Crippen molar-refractivity contribution >= 4 is 33.5 Å². The van der Waals surface area contributed by atoms with Crippen LogP contribution < -0.4 is 20.7 Å². The highest BCUT2D eigenvalue weighted by molar-refractivity contribution is 7.89. The Morgan fingerprint density at radius 2 is 1.50 bits per heavy atom. The molecule has 0 aliphatic heterocycles. The summed E-state index contributed by atoms with van der Waals surface area (Å²) >= 11 is 0. The van der Waals surface area contributed by atoms with E-state index < -0.39 is 58.1 Å². The minimum atomic E-state index is -4.21. The number of methoxy groups -OCH3 is 1. The van der Waals surface area contributed by atoms with E-state index in [1.54, 1.807) is 25.1 Å².